The van der Waals surface area contributed by atoms with Gasteiger partial charge >= 0.3 is 0 Å². The van der Waals surface area contributed by atoms with Crippen molar-refractivity contribution in [1.82, 2.24) is 0 Å². The molecule has 0 amide bonds. The normalized spacial score (nSPS) is 12.4. The van der Waals surface area contributed by atoms with Crippen molar-refractivity contribution in [2.24, 2.45) is 0 Å². The van der Waals surface area contributed by atoms with Crippen molar-refractivity contribution in [2.75, 3.05) is 13.7 Å². The molecule has 0 bridgehead atoms. The molecule has 0 aliphatic carbocycles. The fourth-order valence-corrected chi connectivity index (χ4v) is 1.15. The smallest absolute Gasteiger partial charge is 0.189 e. The Morgan fingerprint density at radius 2 is 1.71 bits per heavy atom. The zero-order chi connectivity index (χ0) is 12.9. The average Bonchev–Trinajstić information content (AvgIpc) is 2.28. The molecule has 0 N–H and O–H groups in total. The van der Waals surface area contributed by atoms with Crippen LogP contribution in [0.4, 0.5) is 0 Å². The standard InChI is InChI=1S/C13H19NO3/c1-13(2,3)14(15)9-10-17-12-7-5-11(16-4)6-8-12/h5-9H,10H2,1-4H3/b14-9-. The molecule has 0 unspecified atom stereocenters. The van der Waals surface area contributed by atoms with Crippen molar-refractivity contribution >= 4 is 6.21 Å². The summed E-state index contributed by atoms with van der Waals surface area (Å²) >= 11 is 0. The molecule has 0 aliphatic heterocycles. The maximum Gasteiger partial charge on any atom is 0.189 e. The number of hydrogen-bond donors (Lipinski definition) is 0. The van der Waals surface area contributed by atoms with Gasteiger partial charge in [0.15, 0.2) is 18.4 Å². The summed E-state index contributed by atoms with van der Waals surface area (Å²) in [6.07, 6.45) is 1.49. The van der Waals surface area contributed by atoms with Crippen LogP contribution in [0.1, 0.15) is 20.8 Å². The minimum atomic E-state index is -0.427. The summed E-state index contributed by atoms with van der Waals surface area (Å²) in [6, 6.07) is 7.24. The van der Waals surface area contributed by atoms with Crippen LogP contribution in [0.3, 0.4) is 0 Å². The van der Waals surface area contributed by atoms with E-state index in [1.54, 1.807) is 19.2 Å². The zero-order valence-corrected chi connectivity index (χ0v) is 10.8. The van der Waals surface area contributed by atoms with Crippen LogP contribution < -0.4 is 9.47 Å². The Kier molecular flexibility index (Phi) is 4.37. The van der Waals surface area contributed by atoms with Crippen molar-refractivity contribution in [3.8, 4) is 11.5 Å². The monoisotopic (exact) mass is 237 g/mol. The lowest BCUT2D eigenvalue weighted by Gasteiger charge is -2.18. The predicted molar refractivity (Wildman–Crippen MR) is 67.9 cm³/mol. The van der Waals surface area contributed by atoms with Gasteiger partial charge in [0.2, 0.25) is 0 Å². The van der Waals surface area contributed by atoms with Gasteiger partial charge < -0.3 is 14.7 Å². The van der Waals surface area contributed by atoms with Crippen molar-refractivity contribution < 1.29 is 14.2 Å². The van der Waals surface area contributed by atoms with E-state index in [0.717, 1.165) is 10.5 Å². The third-order valence-electron chi connectivity index (χ3n) is 2.21. The summed E-state index contributed by atoms with van der Waals surface area (Å²) in [6.45, 7) is 5.81. The molecule has 0 aromatic heterocycles. The van der Waals surface area contributed by atoms with Gasteiger partial charge in [0.25, 0.3) is 0 Å². The van der Waals surface area contributed by atoms with Crippen LogP contribution in [-0.2, 0) is 0 Å². The number of methoxy groups -OCH3 is 1. The number of benzene rings is 1. The lowest BCUT2D eigenvalue weighted by molar-refractivity contribution is -0.532. The minimum absolute atomic E-state index is 0.257. The Balaban J connectivity index is 2.51. The molecule has 4 nitrogen and oxygen atoms in total. The number of hydroxylamine groups is 1. The van der Waals surface area contributed by atoms with Crippen LogP contribution in [0.15, 0.2) is 24.3 Å². The first-order chi connectivity index (χ1) is 7.93. The number of hydrogen-bond acceptors (Lipinski definition) is 3. The van der Waals surface area contributed by atoms with E-state index in [-0.39, 0.29) is 6.61 Å². The van der Waals surface area contributed by atoms with E-state index in [1.165, 1.54) is 6.21 Å². The molecular weight excluding hydrogens is 218 g/mol. The highest BCUT2D eigenvalue weighted by Gasteiger charge is 2.17. The van der Waals surface area contributed by atoms with E-state index in [9.17, 15) is 5.21 Å². The topological polar surface area (TPSA) is 44.5 Å². The lowest BCUT2D eigenvalue weighted by atomic mass is 10.1. The van der Waals surface area contributed by atoms with Gasteiger partial charge in [0.05, 0.1) is 7.11 Å². The first-order valence-electron chi connectivity index (χ1n) is 5.50. The van der Waals surface area contributed by atoms with Gasteiger partial charge in [-0.15, -0.1) is 0 Å². The molecule has 0 saturated heterocycles. The molecule has 0 heterocycles. The maximum atomic E-state index is 11.5. The van der Waals surface area contributed by atoms with E-state index < -0.39 is 5.54 Å². The lowest BCUT2D eigenvalue weighted by Crippen LogP contribution is -2.30. The van der Waals surface area contributed by atoms with E-state index in [0.29, 0.717) is 5.75 Å². The number of rotatable bonds is 4. The van der Waals surface area contributed by atoms with Crippen molar-refractivity contribution in [2.45, 2.75) is 26.3 Å². The molecule has 1 aromatic carbocycles. The second kappa shape index (κ2) is 5.57. The molecule has 0 atom stereocenters. The quantitative estimate of drug-likeness (QED) is 0.350. The molecule has 94 valence electrons. The summed E-state index contributed by atoms with van der Waals surface area (Å²) in [7, 11) is 1.61. The second-order valence-corrected chi connectivity index (χ2v) is 4.67. The van der Waals surface area contributed by atoms with Crippen LogP contribution in [0.25, 0.3) is 0 Å². The fourth-order valence-electron chi connectivity index (χ4n) is 1.15. The highest BCUT2D eigenvalue weighted by atomic mass is 16.5. The van der Waals surface area contributed by atoms with Gasteiger partial charge in [0, 0.05) is 20.8 Å². The Morgan fingerprint density at radius 1 is 1.18 bits per heavy atom. The van der Waals surface area contributed by atoms with Crippen molar-refractivity contribution in [3.05, 3.63) is 29.5 Å². The summed E-state index contributed by atoms with van der Waals surface area (Å²) in [4.78, 5) is 0. The molecule has 0 radical (unpaired) electrons. The van der Waals surface area contributed by atoms with Crippen LogP contribution >= 0.6 is 0 Å². The molecule has 0 aliphatic rings. The van der Waals surface area contributed by atoms with Crippen molar-refractivity contribution in [3.63, 3.8) is 0 Å². The maximum absolute atomic E-state index is 11.5. The van der Waals surface area contributed by atoms with E-state index in [2.05, 4.69) is 0 Å². The highest BCUT2D eigenvalue weighted by molar-refractivity contribution is 5.53. The van der Waals surface area contributed by atoms with Gasteiger partial charge in [-0.05, 0) is 24.3 Å². The third kappa shape index (κ3) is 4.34. The van der Waals surface area contributed by atoms with Crippen molar-refractivity contribution in [1.29, 1.82) is 0 Å². The molecule has 1 aromatic rings. The van der Waals surface area contributed by atoms with Gasteiger partial charge in [-0.3, -0.25) is 0 Å². The zero-order valence-electron chi connectivity index (χ0n) is 10.8. The molecular formula is C13H19NO3. The third-order valence-corrected chi connectivity index (χ3v) is 2.21. The Morgan fingerprint density at radius 3 is 2.18 bits per heavy atom. The molecule has 0 fully saturated rings. The molecule has 4 heteroatoms. The summed E-state index contributed by atoms with van der Waals surface area (Å²) in [5.41, 5.74) is -0.427. The highest BCUT2D eigenvalue weighted by Crippen LogP contribution is 2.16. The van der Waals surface area contributed by atoms with Gasteiger partial charge in [-0.25, -0.2) is 4.74 Å². The van der Waals surface area contributed by atoms with Crippen LogP contribution in [-0.4, -0.2) is 30.2 Å². The second-order valence-electron chi connectivity index (χ2n) is 4.67. The minimum Gasteiger partial charge on any atom is -0.624 e. The van der Waals surface area contributed by atoms with Gasteiger partial charge in [-0.1, -0.05) is 0 Å². The largest absolute Gasteiger partial charge is 0.624 e. The summed E-state index contributed by atoms with van der Waals surface area (Å²) in [5.74, 6) is 1.49. The van der Waals surface area contributed by atoms with Crippen LogP contribution in [0.2, 0.25) is 0 Å². The van der Waals surface area contributed by atoms with Crippen LogP contribution in [0, 0.1) is 5.21 Å². The SMILES string of the molecule is COc1ccc(OC/C=[N+](\[O-])C(C)(C)C)cc1. The van der Waals surface area contributed by atoms with E-state index in [4.69, 9.17) is 9.47 Å². The summed E-state index contributed by atoms with van der Waals surface area (Å²) < 4.78 is 11.4. The van der Waals surface area contributed by atoms with Gasteiger partial charge in [-0.2, -0.15) is 0 Å². The Hall–Kier alpha value is -1.71. The number of nitrogens with zero attached hydrogens (tertiary/aromatic N) is 1. The first kappa shape index (κ1) is 13.4. The average molecular weight is 237 g/mol. The predicted octanol–water partition coefficient (Wildman–Crippen LogP) is 2.45. The summed E-state index contributed by atoms with van der Waals surface area (Å²) in [5, 5.41) is 11.5. The van der Waals surface area contributed by atoms with E-state index in [1.807, 2.05) is 32.9 Å². The van der Waals surface area contributed by atoms with E-state index >= 15 is 0 Å². The number of ether oxygens (including phenoxy) is 2. The first-order valence-corrected chi connectivity index (χ1v) is 5.50. The van der Waals surface area contributed by atoms with Gasteiger partial charge in [0.1, 0.15) is 11.5 Å². The fraction of sp³-hybridized carbons (Fsp3) is 0.462. The Labute approximate surface area is 102 Å². The molecule has 0 saturated carbocycles. The molecule has 0 spiro atoms. The van der Waals surface area contributed by atoms with Crippen LogP contribution in [0.5, 0.6) is 11.5 Å². The molecule has 1 rings (SSSR count). The molecule has 17 heavy (non-hydrogen) atoms. The Bertz CT molecular complexity index is 377.